The second-order valence-electron chi connectivity index (χ2n) is 4.62. The van der Waals surface area contributed by atoms with Crippen LogP contribution < -0.4 is 10.6 Å². The van der Waals surface area contributed by atoms with E-state index in [2.05, 4.69) is 28.8 Å². The van der Waals surface area contributed by atoms with Gasteiger partial charge in [-0.05, 0) is 25.0 Å². The fourth-order valence-corrected chi connectivity index (χ4v) is 2.24. The van der Waals surface area contributed by atoms with Crippen molar-refractivity contribution in [1.82, 2.24) is 5.32 Å². The van der Waals surface area contributed by atoms with Gasteiger partial charge in [0.25, 0.3) is 0 Å². The minimum absolute atomic E-state index is 0.0447. The first-order valence-corrected chi connectivity index (χ1v) is 6.35. The van der Waals surface area contributed by atoms with E-state index < -0.39 is 0 Å². The van der Waals surface area contributed by atoms with Gasteiger partial charge < -0.3 is 15.4 Å². The number of fused-ring (bicyclic) bond motifs is 1. The predicted octanol–water partition coefficient (Wildman–Crippen LogP) is 1.74. The van der Waals surface area contributed by atoms with Gasteiger partial charge >= 0.3 is 0 Å². The molecule has 2 rings (SSSR count). The molecule has 0 fully saturated rings. The summed E-state index contributed by atoms with van der Waals surface area (Å²) in [5.41, 5.74) is 2.57. The summed E-state index contributed by atoms with van der Waals surface area (Å²) in [6.45, 7) is 3.39. The Morgan fingerprint density at radius 3 is 3.11 bits per heavy atom. The van der Waals surface area contributed by atoms with Crippen LogP contribution in [-0.2, 0) is 9.53 Å². The number of ether oxygens (including phenoxy) is 1. The number of carbonyl (C=O) groups is 1. The summed E-state index contributed by atoms with van der Waals surface area (Å²) >= 11 is 0. The molecule has 0 radical (unpaired) electrons. The maximum Gasteiger partial charge on any atom is 0.248 e. The lowest BCUT2D eigenvalue weighted by Crippen LogP contribution is -2.35. The average Bonchev–Trinajstić information content (AvgIpc) is 2.81. The Morgan fingerprint density at radius 1 is 1.56 bits per heavy atom. The van der Waals surface area contributed by atoms with Gasteiger partial charge in [-0.25, -0.2) is 0 Å². The monoisotopic (exact) mass is 248 g/mol. The van der Waals surface area contributed by atoms with Gasteiger partial charge in [-0.1, -0.05) is 18.2 Å². The number of methoxy groups -OCH3 is 1. The fourth-order valence-electron chi connectivity index (χ4n) is 2.24. The van der Waals surface area contributed by atoms with E-state index in [-0.39, 0.29) is 12.0 Å². The molecule has 1 heterocycles. The molecule has 1 aromatic carbocycles. The molecule has 1 aliphatic rings. The Kier molecular flexibility index (Phi) is 4.20. The lowest BCUT2D eigenvalue weighted by molar-refractivity contribution is -0.130. The number of carbonyl (C=O) groups excluding carboxylic acids is 1. The molecule has 1 aliphatic heterocycles. The molecular weight excluding hydrogens is 228 g/mol. The molecule has 0 saturated heterocycles. The zero-order chi connectivity index (χ0) is 13.0. The van der Waals surface area contributed by atoms with Crippen molar-refractivity contribution in [3.05, 3.63) is 29.8 Å². The summed E-state index contributed by atoms with van der Waals surface area (Å²) in [5, 5.41) is 6.28. The standard InChI is InChI=1S/C14H20N2O2/c1-10(18-2)14(17)15-8-7-11-9-16-13-6-4-3-5-12(11)13/h3-6,10-11,16H,7-9H2,1-2H3,(H,15,17). The van der Waals surface area contributed by atoms with Gasteiger partial charge in [0.2, 0.25) is 5.91 Å². The van der Waals surface area contributed by atoms with E-state index in [0.717, 1.165) is 13.0 Å². The quantitative estimate of drug-likeness (QED) is 0.834. The van der Waals surface area contributed by atoms with Crippen molar-refractivity contribution in [1.29, 1.82) is 0 Å². The topological polar surface area (TPSA) is 50.4 Å². The van der Waals surface area contributed by atoms with E-state index in [0.29, 0.717) is 12.5 Å². The Bertz CT molecular complexity index is 420. The van der Waals surface area contributed by atoms with Gasteiger partial charge in [0.15, 0.2) is 0 Å². The number of amides is 1. The Balaban J connectivity index is 1.81. The number of nitrogens with one attached hydrogen (secondary N) is 2. The van der Waals surface area contributed by atoms with Crippen LogP contribution in [0.3, 0.4) is 0 Å². The highest BCUT2D eigenvalue weighted by atomic mass is 16.5. The molecule has 0 saturated carbocycles. The van der Waals surface area contributed by atoms with Crippen LogP contribution in [-0.4, -0.2) is 32.2 Å². The molecule has 98 valence electrons. The zero-order valence-corrected chi connectivity index (χ0v) is 10.9. The second-order valence-corrected chi connectivity index (χ2v) is 4.62. The first-order chi connectivity index (χ1) is 8.72. The van der Waals surface area contributed by atoms with Crippen molar-refractivity contribution >= 4 is 11.6 Å². The number of rotatable bonds is 5. The van der Waals surface area contributed by atoms with Crippen LogP contribution in [0.4, 0.5) is 5.69 Å². The van der Waals surface area contributed by atoms with Crippen molar-refractivity contribution in [3.8, 4) is 0 Å². The first-order valence-electron chi connectivity index (χ1n) is 6.35. The SMILES string of the molecule is COC(C)C(=O)NCCC1CNc2ccccc21. The predicted molar refractivity (Wildman–Crippen MR) is 71.8 cm³/mol. The van der Waals surface area contributed by atoms with Crippen LogP contribution in [0.2, 0.25) is 0 Å². The van der Waals surface area contributed by atoms with Gasteiger partial charge in [-0.15, -0.1) is 0 Å². The molecule has 0 aliphatic carbocycles. The molecule has 2 atom stereocenters. The molecule has 4 nitrogen and oxygen atoms in total. The maximum atomic E-state index is 11.5. The van der Waals surface area contributed by atoms with Crippen LogP contribution in [0.5, 0.6) is 0 Å². The van der Waals surface area contributed by atoms with Crippen molar-refractivity contribution in [3.63, 3.8) is 0 Å². The summed E-state index contributed by atoms with van der Waals surface area (Å²) in [4.78, 5) is 11.5. The largest absolute Gasteiger partial charge is 0.384 e. The molecule has 2 unspecified atom stereocenters. The van der Waals surface area contributed by atoms with Crippen molar-refractivity contribution < 1.29 is 9.53 Å². The lowest BCUT2D eigenvalue weighted by Gasteiger charge is -2.13. The van der Waals surface area contributed by atoms with Crippen molar-refractivity contribution in [2.24, 2.45) is 0 Å². The molecule has 0 spiro atoms. The minimum atomic E-state index is -0.376. The maximum absolute atomic E-state index is 11.5. The number of anilines is 1. The zero-order valence-electron chi connectivity index (χ0n) is 10.9. The van der Waals surface area contributed by atoms with Crippen LogP contribution in [0, 0.1) is 0 Å². The molecule has 18 heavy (non-hydrogen) atoms. The number of hydrogen-bond donors (Lipinski definition) is 2. The Labute approximate surface area is 108 Å². The molecular formula is C14H20N2O2. The summed E-state index contributed by atoms with van der Waals surface area (Å²) < 4.78 is 4.97. The summed E-state index contributed by atoms with van der Waals surface area (Å²) in [6, 6.07) is 8.35. The van der Waals surface area contributed by atoms with Gasteiger partial charge in [0, 0.05) is 31.8 Å². The highest BCUT2D eigenvalue weighted by Gasteiger charge is 2.21. The van der Waals surface area contributed by atoms with Crippen LogP contribution in [0.1, 0.15) is 24.8 Å². The smallest absolute Gasteiger partial charge is 0.248 e. The summed E-state index contributed by atoms with van der Waals surface area (Å²) in [7, 11) is 1.54. The number of para-hydroxylation sites is 1. The summed E-state index contributed by atoms with van der Waals surface area (Å²) in [5.74, 6) is 0.441. The first kappa shape index (κ1) is 12.9. The fraction of sp³-hybridized carbons (Fsp3) is 0.500. The third-order valence-corrected chi connectivity index (χ3v) is 3.45. The molecule has 0 aromatic heterocycles. The van der Waals surface area contributed by atoms with E-state index >= 15 is 0 Å². The minimum Gasteiger partial charge on any atom is -0.384 e. The van der Waals surface area contributed by atoms with E-state index in [1.165, 1.54) is 11.3 Å². The van der Waals surface area contributed by atoms with Gasteiger partial charge in [0.1, 0.15) is 6.10 Å². The van der Waals surface area contributed by atoms with E-state index in [1.807, 2.05) is 6.07 Å². The van der Waals surface area contributed by atoms with Gasteiger partial charge in [0.05, 0.1) is 0 Å². The third kappa shape index (κ3) is 2.82. The molecule has 2 N–H and O–H groups in total. The van der Waals surface area contributed by atoms with Crippen LogP contribution in [0.15, 0.2) is 24.3 Å². The molecule has 4 heteroatoms. The average molecular weight is 248 g/mol. The summed E-state index contributed by atoms with van der Waals surface area (Å²) in [6.07, 6.45) is 0.575. The normalized spacial score (nSPS) is 18.9. The second kappa shape index (κ2) is 5.87. The van der Waals surface area contributed by atoms with Crippen molar-refractivity contribution in [2.45, 2.75) is 25.4 Å². The van der Waals surface area contributed by atoms with E-state index in [4.69, 9.17) is 4.74 Å². The number of hydrogen-bond acceptors (Lipinski definition) is 3. The number of benzene rings is 1. The van der Waals surface area contributed by atoms with Gasteiger partial charge in [-0.2, -0.15) is 0 Å². The molecule has 1 aromatic rings. The van der Waals surface area contributed by atoms with Gasteiger partial charge in [-0.3, -0.25) is 4.79 Å². The Morgan fingerprint density at radius 2 is 2.33 bits per heavy atom. The highest BCUT2D eigenvalue weighted by molar-refractivity contribution is 5.80. The Hall–Kier alpha value is -1.55. The highest BCUT2D eigenvalue weighted by Crippen LogP contribution is 2.32. The van der Waals surface area contributed by atoms with Crippen LogP contribution in [0.25, 0.3) is 0 Å². The lowest BCUT2D eigenvalue weighted by atomic mass is 9.98. The van der Waals surface area contributed by atoms with Crippen molar-refractivity contribution in [2.75, 3.05) is 25.5 Å². The van der Waals surface area contributed by atoms with Crippen LogP contribution >= 0.6 is 0 Å². The third-order valence-electron chi connectivity index (χ3n) is 3.45. The van der Waals surface area contributed by atoms with E-state index in [9.17, 15) is 4.79 Å². The van der Waals surface area contributed by atoms with E-state index in [1.54, 1.807) is 14.0 Å². The molecule has 1 amide bonds. The molecule has 0 bridgehead atoms.